The molecule has 0 bridgehead atoms. The molecule has 0 aliphatic carbocycles. The number of hydrogen-bond donors (Lipinski definition) is 1. The topological polar surface area (TPSA) is 58.8 Å². The Hall–Kier alpha value is -2.37. The number of carbonyl (C=O) groups is 1. The predicted molar refractivity (Wildman–Crippen MR) is 104 cm³/mol. The number of fused-ring (bicyclic) bond motifs is 2. The van der Waals surface area contributed by atoms with Gasteiger partial charge in [-0.25, -0.2) is 4.98 Å². The summed E-state index contributed by atoms with van der Waals surface area (Å²) in [6.45, 7) is 2.35. The maximum Gasteiger partial charge on any atom is 0.270 e. The molecule has 132 valence electrons. The summed E-state index contributed by atoms with van der Waals surface area (Å²) >= 11 is 12.1. The quantitative estimate of drug-likeness (QED) is 0.727. The molecule has 4 rings (SSSR count). The third-order valence-electron chi connectivity index (χ3n) is 4.37. The molecular formula is C19H16Cl2N4O. The second-order valence-electron chi connectivity index (χ2n) is 6.15. The molecule has 2 aromatic heterocycles. The Kier molecular flexibility index (Phi) is 4.42. The average molecular weight is 387 g/mol. The van der Waals surface area contributed by atoms with Crippen LogP contribution in [-0.2, 0) is 12.8 Å². The van der Waals surface area contributed by atoms with E-state index in [0.29, 0.717) is 40.8 Å². The van der Waals surface area contributed by atoms with Crippen LogP contribution in [0.2, 0.25) is 10.0 Å². The van der Waals surface area contributed by atoms with Crippen molar-refractivity contribution in [2.75, 3.05) is 6.54 Å². The average Bonchev–Trinajstić information content (AvgIpc) is 3.19. The van der Waals surface area contributed by atoms with Gasteiger partial charge in [-0.15, -0.1) is 0 Å². The molecule has 1 amide bonds. The minimum absolute atomic E-state index is 0.187. The summed E-state index contributed by atoms with van der Waals surface area (Å²) in [6.07, 6.45) is 3.06. The van der Waals surface area contributed by atoms with Crippen LogP contribution in [-0.4, -0.2) is 27.5 Å². The lowest BCUT2D eigenvalue weighted by atomic mass is 10.1. The summed E-state index contributed by atoms with van der Waals surface area (Å²) < 4.78 is 1.74. The lowest BCUT2D eigenvalue weighted by molar-refractivity contribution is 0.0952. The molecule has 0 radical (unpaired) electrons. The second-order valence-corrected chi connectivity index (χ2v) is 7.02. The molecule has 0 atom stereocenters. The van der Waals surface area contributed by atoms with Crippen LogP contribution in [0.25, 0.3) is 5.65 Å². The van der Waals surface area contributed by atoms with Crippen molar-refractivity contribution in [3.8, 4) is 0 Å². The molecule has 1 aliphatic rings. The second kappa shape index (κ2) is 6.74. The van der Waals surface area contributed by atoms with E-state index in [4.69, 9.17) is 23.2 Å². The van der Waals surface area contributed by atoms with Crippen LogP contribution in [0.5, 0.6) is 0 Å². The van der Waals surface area contributed by atoms with Crippen molar-refractivity contribution in [1.29, 1.82) is 0 Å². The smallest absolute Gasteiger partial charge is 0.270 e. The van der Waals surface area contributed by atoms with E-state index >= 15 is 0 Å². The van der Waals surface area contributed by atoms with Gasteiger partial charge in [-0.3, -0.25) is 14.2 Å². The maximum absolute atomic E-state index is 12.8. The fourth-order valence-corrected chi connectivity index (χ4v) is 3.51. The number of aromatic nitrogens is 2. The van der Waals surface area contributed by atoms with E-state index in [-0.39, 0.29) is 5.91 Å². The van der Waals surface area contributed by atoms with Gasteiger partial charge >= 0.3 is 0 Å². The molecule has 5 nitrogen and oxygen atoms in total. The first-order valence-electron chi connectivity index (χ1n) is 8.34. The van der Waals surface area contributed by atoms with Crippen LogP contribution < -0.4 is 5.32 Å². The van der Waals surface area contributed by atoms with Gasteiger partial charge < -0.3 is 5.32 Å². The Labute approximate surface area is 160 Å². The van der Waals surface area contributed by atoms with Gasteiger partial charge in [0.2, 0.25) is 0 Å². The summed E-state index contributed by atoms with van der Waals surface area (Å²) in [5.74, 6) is -0.187. The highest BCUT2D eigenvalue weighted by molar-refractivity contribution is 6.31. The summed E-state index contributed by atoms with van der Waals surface area (Å²) in [5.41, 5.74) is 4.86. The summed E-state index contributed by atoms with van der Waals surface area (Å²) in [6, 6.07) is 9.20. The number of nitrogens with zero attached hydrogens (tertiary/aromatic N) is 3. The van der Waals surface area contributed by atoms with Crippen LogP contribution in [0.1, 0.15) is 28.7 Å². The standard InChI is InChI=1S/C19H16Cl2N4O/c1-2-15-18(25-10-13(21)4-6-17(25)24-15)19(26)22-9-14-8-11-7-12(20)3-5-16(11)23-14/h3-7,10H,2,8-9H2,1H3,(H,22,26). The number of carbonyl (C=O) groups excluding carboxylic acids is 1. The van der Waals surface area contributed by atoms with Gasteiger partial charge in [0.1, 0.15) is 11.3 Å². The lowest BCUT2D eigenvalue weighted by Gasteiger charge is -2.07. The Morgan fingerprint density at radius 1 is 1.23 bits per heavy atom. The molecule has 26 heavy (non-hydrogen) atoms. The Bertz CT molecular complexity index is 1060. The van der Waals surface area contributed by atoms with E-state index in [1.165, 1.54) is 0 Å². The number of hydrogen-bond acceptors (Lipinski definition) is 3. The summed E-state index contributed by atoms with van der Waals surface area (Å²) in [5, 5.41) is 4.20. The SMILES string of the molecule is CCc1nc2ccc(Cl)cn2c1C(=O)NCC1=Nc2ccc(Cl)cc2C1. The lowest BCUT2D eigenvalue weighted by Crippen LogP contribution is -2.31. The van der Waals surface area contributed by atoms with Crippen LogP contribution in [0, 0.1) is 0 Å². The minimum Gasteiger partial charge on any atom is -0.345 e. The molecule has 0 unspecified atom stereocenters. The zero-order valence-corrected chi connectivity index (χ0v) is 15.6. The Morgan fingerprint density at radius 3 is 2.85 bits per heavy atom. The molecule has 1 aliphatic heterocycles. The van der Waals surface area contributed by atoms with Crippen molar-refractivity contribution in [3.05, 3.63) is 63.5 Å². The molecule has 3 aromatic rings. The third kappa shape index (κ3) is 3.08. The molecule has 7 heteroatoms. The van der Waals surface area contributed by atoms with E-state index in [1.807, 2.05) is 25.1 Å². The van der Waals surface area contributed by atoms with Gasteiger partial charge in [-0.1, -0.05) is 30.1 Å². The number of imidazole rings is 1. The zero-order valence-electron chi connectivity index (χ0n) is 14.1. The fourth-order valence-electron chi connectivity index (χ4n) is 3.16. The maximum atomic E-state index is 12.8. The van der Waals surface area contributed by atoms with Gasteiger partial charge in [0, 0.05) is 23.4 Å². The largest absolute Gasteiger partial charge is 0.345 e. The van der Waals surface area contributed by atoms with E-state index < -0.39 is 0 Å². The van der Waals surface area contributed by atoms with Gasteiger partial charge in [0.05, 0.1) is 22.9 Å². The molecular weight excluding hydrogens is 371 g/mol. The molecule has 3 heterocycles. The summed E-state index contributed by atoms with van der Waals surface area (Å²) in [4.78, 5) is 21.9. The van der Waals surface area contributed by atoms with E-state index in [1.54, 1.807) is 22.7 Å². The van der Waals surface area contributed by atoms with Gasteiger partial charge in [0.15, 0.2) is 0 Å². The number of halogens is 2. The highest BCUT2D eigenvalue weighted by atomic mass is 35.5. The molecule has 0 saturated heterocycles. The number of benzene rings is 1. The van der Waals surface area contributed by atoms with E-state index in [2.05, 4.69) is 15.3 Å². The minimum atomic E-state index is -0.187. The highest BCUT2D eigenvalue weighted by Gasteiger charge is 2.20. The molecule has 1 N–H and O–H groups in total. The first kappa shape index (κ1) is 17.1. The van der Waals surface area contributed by atoms with Gasteiger partial charge in [-0.05, 0) is 42.3 Å². The highest BCUT2D eigenvalue weighted by Crippen LogP contribution is 2.29. The van der Waals surface area contributed by atoms with Gasteiger partial charge in [-0.2, -0.15) is 0 Å². The fraction of sp³-hybridized carbons (Fsp3) is 0.211. The number of aliphatic imine (C=N–C) groups is 1. The number of rotatable bonds is 4. The molecule has 1 aromatic carbocycles. The third-order valence-corrected chi connectivity index (χ3v) is 4.83. The van der Waals surface area contributed by atoms with Crippen LogP contribution in [0.3, 0.4) is 0 Å². The van der Waals surface area contributed by atoms with Crippen molar-refractivity contribution < 1.29 is 4.79 Å². The molecule has 0 saturated carbocycles. The van der Waals surface area contributed by atoms with Crippen LogP contribution in [0.4, 0.5) is 5.69 Å². The molecule has 0 fully saturated rings. The Morgan fingerprint density at radius 2 is 2.04 bits per heavy atom. The predicted octanol–water partition coefficient (Wildman–Crippen LogP) is 4.26. The normalized spacial score (nSPS) is 13.0. The first-order valence-corrected chi connectivity index (χ1v) is 9.10. The van der Waals surface area contributed by atoms with Gasteiger partial charge in [0.25, 0.3) is 5.91 Å². The zero-order chi connectivity index (χ0) is 18.3. The van der Waals surface area contributed by atoms with Crippen molar-refractivity contribution in [3.63, 3.8) is 0 Å². The van der Waals surface area contributed by atoms with Crippen molar-refractivity contribution in [2.24, 2.45) is 4.99 Å². The number of aryl methyl sites for hydroxylation is 1. The summed E-state index contributed by atoms with van der Waals surface area (Å²) in [7, 11) is 0. The first-order chi connectivity index (χ1) is 12.5. The van der Waals surface area contributed by atoms with Crippen molar-refractivity contribution in [2.45, 2.75) is 19.8 Å². The van der Waals surface area contributed by atoms with Crippen molar-refractivity contribution in [1.82, 2.24) is 14.7 Å². The van der Waals surface area contributed by atoms with Crippen molar-refractivity contribution >= 4 is 46.2 Å². The van der Waals surface area contributed by atoms with E-state index in [0.717, 1.165) is 22.7 Å². The number of amides is 1. The van der Waals surface area contributed by atoms with Crippen LogP contribution >= 0.6 is 23.2 Å². The molecule has 0 spiro atoms. The van der Waals surface area contributed by atoms with E-state index in [9.17, 15) is 4.79 Å². The monoisotopic (exact) mass is 386 g/mol. The Balaban J connectivity index is 1.55. The number of pyridine rings is 1. The number of nitrogens with one attached hydrogen (secondary N) is 1. The van der Waals surface area contributed by atoms with Crippen LogP contribution in [0.15, 0.2) is 41.5 Å².